The number of benzene rings is 1. The summed E-state index contributed by atoms with van der Waals surface area (Å²) in [4.78, 5) is 22.3. The molecular weight excluding hydrogens is 343 g/mol. The largest absolute Gasteiger partial charge is 0.480 e. The number of halogens is 4. The molecule has 1 aromatic rings. The number of nitrogens with one attached hydrogen (secondary N) is 1. The highest BCUT2D eigenvalue weighted by Gasteiger charge is 2.24. The molecule has 0 fully saturated rings. The second-order valence-corrected chi connectivity index (χ2v) is 4.86. The maximum atomic E-state index is 13.0. The van der Waals surface area contributed by atoms with Gasteiger partial charge in [-0.1, -0.05) is 6.07 Å². The average Bonchev–Trinajstić information content (AvgIpc) is 2.32. The molecule has 1 rings (SSSR count). The maximum Gasteiger partial charge on any atom is 0.326 e. The van der Waals surface area contributed by atoms with E-state index in [2.05, 4.69) is 15.9 Å². The van der Waals surface area contributed by atoms with Gasteiger partial charge < -0.3 is 10.4 Å². The Labute approximate surface area is 121 Å². The Kier molecular flexibility index (Phi) is 6.00. The fourth-order valence-electron chi connectivity index (χ4n) is 1.48. The number of carboxylic acids is 1. The van der Waals surface area contributed by atoms with Gasteiger partial charge in [0.1, 0.15) is 11.9 Å². The van der Waals surface area contributed by atoms with Crippen LogP contribution in [0.15, 0.2) is 22.7 Å². The van der Waals surface area contributed by atoms with E-state index < -0.39 is 36.6 Å². The van der Waals surface area contributed by atoms with Crippen molar-refractivity contribution < 1.29 is 27.9 Å². The van der Waals surface area contributed by atoms with Gasteiger partial charge in [0.25, 0.3) is 0 Å². The van der Waals surface area contributed by atoms with Crippen molar-refractivity contribution in [3.05, 3.63) is 34.1 Å². The topological polar surface area (TPSA) is 66.4 Å². The SMILES string of the molecule is O=C(Cc1ccc(F)c(Br)c1)NC(CC(F)F)C(=O)O. The van der Waals surface area contributed by atoms with E-state index in [9.17, 15) is 22.8 Å². The molecule has 1 atom stereocenters. The number of amides is 1. The van der Waals surface area contributed by atoms with Gasteiger partial charge in [0.05, 0.1) is 10.9 Å². The molecule has 0 heterocycles. The molecule has 110 valence electrons. The first-order valence-corrected chi connectivity index (χ1v) is 6.33. The van der Waals surface area contributed by atoms with Crippen molar-refractivity contribution in [2.45, 2.75) is 25.3 Å². The minimum atomic E-state index is -2.84. The third-order valence-electron chi connectivity index (χ3n) is 2.40. The zero-order valence-electron chi connectivity index (χ0n) is 10.1. The van der Waals surface area contributed by atoms with Crippen molar-refractivity contribution in [2.24, 2.45) is 0 Å². The first-order valence-electron chi connectivity index (χ1n) is 5.54. The monoisotopic (exact) mass is 353 g/mol. The quantitative estimate of drug-likeness (QED) is 0.824. The van der Waals surface area contributed by atoms with E-state index in [1.54, 1.807) is 0 Å². The van der Waals surface area contributed by atoms with E-state index in [1.165, 1.54) is 12.1 Å². The summed E-state index contributed by atoms with van der Waals surface area (Å²) < 4.78 is 37.5. The van der Waals surface area contributed by atoms with Crippen LogP contribution in [0.25, 0.3) is 0 Å². The second-order valence-electron chi connectivity index (χ2n) is 4.01. The Balaban J connectivity index is 2.65. The standard InChI is InChI=1S/C12H11BrF3NO3/c13-7-3-6(1-2-8(7)14)4-11(18)17-9(12(19)20)5-10(15)16/h1-3,9-10H,4-5H2,(H,17,18)(H,19,20). The molecule has 0 aliphatic heterocycles. The Morgan fingerprint density at radius 3 is 2.50 bits per heavy atom. The third kappa shape index (κ3) is 5.20. The van der Waals surface area contributed by atoms with Gasteiger partial charge >= 0.3 is 5.97 Å². The molecule has 1 aromatic carbocycles. The van der Waals surface area contributed by atoms with Crippen molar-refractivity contribution in [3.63, 3.8) is 0 Å². The first-order chi connectivity index (χ1) is 9.29. The van der Waals surface area contributed by atoms with Crippen molar-refractivity contribution in [1.82, 2.24) is 5.32 Å². The summed E-state index contributed by atoms with van der Waals surface area (Å²) in [6.07, 6.45) is -4.03. The van der Waals surface area contributed by atoms with Crippen LogP contribution in [0.3, 0.4) is 0 Å². The normalized spacial score (nSPS) is 12.2. The Hall–Kier alpha value is -1.57. The van der Waals surface area contributed by atoms with E-state index in [1.807, 2.05) is 5.32 Å². The number of hydrogen-bond donors (Lipinski definition) is 2. The summed E-state index contributed by atoms with van der Waals surface area (Å²) in [5, 5.41) is 10.7. The van der Waals surface area contributed by atoms with Gasteiger partial charge in [-0.05, 0) is 33.6 Å². The third-order valence-corrected chi connectivity index (χ3v) is 3.00. The number of alkyl halides is 2. The lowest BCUT2D eigenvalue weighted by Gasteiger charge is -2.14. The number of rotatable bonds is 6. The number of hydrogen-bond acceptors (Lipinski definition) is 2. The van der Waals surface area contributed by atoms with Crippen molar-refractivity contribution in [1.29, 1.82) is 0 Å². The molecule has 4 nitrogen and oxygen atoms in total. The van der Waals surface area contributed by atoms with Gasteiger partial charge in [0, 0.05) is 6.42 Å². The van der Waals surface area contributed by atoms with Crippen LogP contribution < -0.4 is 5.32 Å². The van der Waals surface area contributed by atoms with Crippen LogP contribution in [0.4, 0.5) is 13.2 Å². The van der Waals surface area contributed by atoms with E-state index in [0.29, 0.717) is 5.56 Å². The molecule has 0 saturated carbocycles. The fraction of sp³-hybridized carbons (Fsp3) is 0.333. The average molecular weight is 354 g/mol. The number of carboxylic acid groups (broad SMARTS) is 1. The molecule has 0 aliphatic rings. The van der Waals surface area contributed by atoms with Gasteiger partial charge in [-0.2, -0.15) is 0 Å². The Morgan fingerprint density at radius 2 is 2.00 bits per heavy atom. The molecule has 2 N–H and O–H groups in total. The lowest BCUT2D eigenvalue weighted by Crippen LogP contribution is -2.42. The van der Waals surface area contributed by atoms with E-state index >= 15 is 0 Å². The van der Waals surface area contributed by atoms with E-state index in [-0.39, 0.29) is 10.9 Å². The van der Waals surface area contributed by atoms with Crippen LogP contribution in [-0.2, 0) is 16.0 Å². The van der Waals surface area contributed by atoms with Crippen LogP contribution in [-0.4, -0.2) is 29.5 Å². The molecule has 0 aromatic heterocycles. The number of carbonyl (C=O) groups is 2. The first kappa shape index (κ1) is 16.5. The predicted octanol–water partition coefficient (Wildman–Crippen LogP) is 2.36. The molecule has 0 saturated heterocycles. The Morgan fingerprint density at radius 1 is 1.35 bits per heavy atom. The molecule has 20 heavy (non-hydrogen) atoms. The van der Waals surface area contributed by atoms with Crippen LogP contribution in [0.1, 0.15) is 12.0 Å². The zero-order valence-corrected chi connectivity index (χ0v) is 11.7. The summed E-state index contributed by atoms with van der Waals surface area (Å²) in [6.45, 7) is 0. The summed E-state index contributed by atoms with van der Waals surface area (Å²) in [6, 6.07) is 2.20. The molecule has 0 spiro atoms. The predicted molar refractivity (Wildman–Crippen MR) is 68.0 cm³/mol. The number of aliphatic carboxylic acids is 1. The molecular formula is C12H11BrF3NO3. The van der Waals surface area contributed by atoms with Gasteiger partial charge in [0.2, 0.25) is 12.3 Å². The molecule has 0 aliphatic carbocycles. The van der Waals surface area contributed by atoms with Crippen LogP contribution in [0.5, 0.6) is 0 Å². The minimum Gasteiger partial charge on any atom is -0.480 e. The van der Waals surface area contributed by atoms with Crippen LogP contribution in [0.2, 0.25) is 0 Å². The fourth-order valence-corrected chi connectivity index (χ4v) is 1.91. The zero-order chi connectivity index (χ0) is 15.3. The molecule has 0 radical (unpaired) electrons. The van der Waals surface area contributed by atoms with E-state index in [4.69, 9.17) is 5.11 Å². The summed E-state index contributed by atoms with van der Waals surface area (Å²) in [5.41, 5.74) is 0.428. The highest BCUT2D eigenvalue weighted by molar-refractivity contribution is 9.10. The highest BCUT2D eigenvalue weighted by Crippen LogP contribution is 2.17. The maximum absolute atomic E-state index is 13.0. The summed E-state index contributed by atoms with van der Waals surface area (Å²) >= 11 is 2.94. The lowest BCUT2D eigenvalue weighted by molar-refractivity contribution is -0.142. The highest BCUT2D eigenvalue weighted by atomic mass is 79.9. The summed E-state index contributed by atoms with van der Waals surface area (Å²) in [5.74, 6) is -2.76. The van der Waals surface area contributed by atoms with Gasteiger partial charge in [0.15, 0.2) is 0 Å². The molecule has 1 unspecified atom stereocenters. The van der Waals surface area contributed by atoms with Gasteiger partial charge in [-0.25, -0.2) is 18.0 Å². The molecule has 1 amide bonds. The van der Waals surface area contributed by atoms with Crippen molar-refractivity contribution in [2.75, 3.05) is 0 Å². The summed E-state index contributed by atoms with van der Waals surface area (Å²) in [7, 11) is 0. The van der Waals surface area contributed by atoms with Crippen molar-refractivity contribution >= 4 is 27.8 Å². The lowest BCUT2D eigenvalue weighted by atomic mass is 10.1. The smallest absolute Gasteiger partial charge is 0.326 e. The van der Waals surface area contributed by atoms with Gasteiger partial charge in [-0.15, -0.1) is 0 Å². The molecule has 8 heteroatoms. The second kappa shape index (κ2) is 7.28. The molecule has 0 bridgehead atoms. The number of carbonyl (C=O) groups excluding carboxylic acids is 1. The van der Waals surface area contributed by atoms with E-state index in [0.717, 1.165) is 6.07 Å². The van der Waals surface area contributed by atoms with Crippen LogP contribution >= 0.6 is 15.9 Å². The Bertz CT molecular complexity index is 511. The van der Waals surface area contributed by atoms with Crippen molar-refractivity contribution in [3.8, 4) is 0 Å². The minimum absolute atomic E-state index is 0.158. The van der Waals surface area contributed by atoms with Crippen LogP contribution in [0, 0.1) is 5.82 Å². The van der Waals surface area contributed by atoms with Gasteiger partial charge in [-0.3, -0.25) is 4.79 Å².